The molecule has 7 nitrogen and oxygen atoms in total. The third-order valence-corrected chi connectivity index (χ3v) is 9.34. The van der Waals surface area contributed by atoms with Crippen LogP contribution in [0.15, 0.2) is 71.6 Å². The molecule has 2 atom stereocenters. The van der Waals surface area contributed by atoms with E-state index in [1.54, 1.807) is 43.3 Å². The van der Waals surface area contributed by atoms with Crippen LogP contribution in [0, 0.1) is 6.92 Å². The van der Waals surface area contributed by atoms with Crippen LogP contribution in [0.1, 0.15) is 44.7 Å². The van der Waals surface area contributed by atoms with Gasteiger partial charge in [-0.1, -0.05) is 66.8 Å². The maximum absolute atomic E-state index is 14.1. The summed E-state index contributed by atoms with van der Waals surface area (Å²) in [4.78, 5) is 28.9. The van der Waals surface area contributed by atoms with Gasteiger partial charge in [0.2, 0.25) is 11.8 Å². The zero-order valence-corrected chi connectivity index (χ0v) is 26.5. The molecule has 41 heavy (non-hydrogen) atoms. The predicted molar refractivity (Wildman–Crippen MR) is 166 cm³/mol. The van der Waals surface area contributed by atoms with Crippen molar-refractivity contribution < 1.29 is 18.0 Å². The van der Waals surface area contributed by atoms with E-state index in [4.69, 9.17) is 34.8 Å². The first-order valence-corrected chi connectivity index (χ1v) is 15.8. The van der Waals surface area contributed by atoms with Crippen LogP contribution in [0.2, 0.25) is 15.1 Å². The van der Waals surface area contributed by atoms with Crippen LogP contribution in [-0.2, 0) is 26.2 Å². The van der Waals surface area contributed by atoms with Gasteiger partial charge in [0.25, 0.3) is 10.0 Å². The lowest BCUT2D eigenvalue weighted by molar-refractivity contribution is -0.140. The van der Waals surface area contributed by atoms with Crippen LogP contribution in [0.5, 0.6) is 0 Å². The first kappa shape index (κ1) is 32.7. The molecule has 2 amide bonds. The number of anilines is 1. The lowest BCUT2D eigenvalue weighted by Gasteiger charge is -2.34. The fraction of sp³-hybridized carbons (Fsp3) is 0.333. The highest BCUT2D eigenvalue weighted by molar-refractivity contribution is 7.92. The van der Waals surface area contributed by atoms with Crippen LogP contribution >= 0.6 is 34.8 Å². The highest BCUT2D eigenvalue weighted by Crippen LogP contribution is 2.28. The molecule has 0 aliphatic heterocycles. The van der Waals surface area contributed by atoms with Crippen LogP contribution in [0.25, 0.3) is 0 Å². The van der Waals surface area contributed by atoms with Crippen LogP contribution in [0.4, 0.5) is 5.69 Å². The lowest BCUT2D eigenvalue weighted by atomic mass is 10.1. The minimum Gasteiger partial charge on any atom is -0.352 e. The predicted octanol–water partition coefficient (Wildman–Crippen LogP) is 6.87. The highest BCUT2D eigenvalue weighted by atomic mass is 35.5. The Hall–Kier alpha value is -2.78. The zero-order chi connectivity index (χ0) is 30.3. The molecule has 3 rings (SSSR count). The number of hydrogen-bond donors (Lipinski definition) is 1. The topological polar surface area (TPSA) is 86.8 Å². The molecule has 0 heterocycles. The molecular weight excluding hydrogens is 605 g/mol. The third-order valence-electron chi connectivity index (χ3n) is 6.71. The largest absolute Gasteiger partial charge is 0.352 e. The van der Waals surface area contributed by atoms with E-state index < -0.39 is 28.5 Å². The minimum absolute atomic E-state index is 0.0231. The molecule has 11 heteroatoms. The molecule has 3 aromatic rings. The summed E-state index contributed by atoms with van der Waals surface area (Å²) in [6.45, 7) is 6.89. The Labute approximate surface area is 257 Å². The van der Waals surface area contributed by atoms with Crippen LogP contribution < -0.4 is 9.62 Å². The van der Waals surface area contributed by atoms with Crippen molar-refractivity contribution in [3.05, 3.63) is 92.9 Å². The van der Waals surface area contributed by atoms with Gasteiger partial charge in [-0.15, -0.1) is 0 Å². The van der Waals surface area contributed by atoms with Crippen molar-refractivity contribution in [2.24, 2.45) is 0 Å². The van der Waals surface area contributed by atoms with E-state index in [0.717, 1.165) is 9.87 Å². The first-order chi connectivity index (χ1) is 19.4. The fourth-order valence-corrected chi connectivity index (χ4v) is 6.24. The third kappa shape index (κ3) is 8.38. The molecule has 0 spiro atoms. The second-order valence-corrected chi connectivity index (χ2v) is 12.9. The van der Waals surface area contributed by atoms with Crippen LogP contribution in [0.3, 0.4) is 0 Å². The Morgan fingerprint density at radius 2 is 1.56 bits per heavy atom. The van der Waals surface area contributed by atoms with Gasteiger partial charge in [-0.25, -0.2) is 8.42 Å². The number of rotatable bonds is 12. The average Bonchev–Trinajstić information content (AvgIpc) is 2.92. The molecule has 3 aromatic carbocycles. The number of carbonyl (C=O) groups excluding carboxylic acids is 2. The fourth-order valence-electron chi connectivity index (χ4n) is 4.24. The van der Waals surface area contributed by atoms with E-state index in [-0.39, 0.29) is 23.4 Å². The molecule has 0 aliphatic rings. The number of sulfonamides is 1. The van der Waals surface area contributed by atoms with Gasteiger partial charge in [0.15, 0.2) is 0 Å². The molecule has 0 saturated heterocycles. The summed E-state index contributed by atoms with van der Waals surface area (Å²) >= 11 is 18.5. The van der Waals surface area contributed by atoms with E-state index >= 15 is 0 Å². The molecular formula is C30H34Cl3N3O4S. The number of halogens is 3. The molecule has 0 radical (unpaired) electrons. The van der Waals surface area contributed by atoms with Crippen molar-refractivity contribution in [1.82, 2.24) is 10.2 Å². The van der Waals surface area contributed by atoms with Crippen molar-refractivity contribution in [3.63, 3.8) is 0 Å². The summed E-state index contributed by atoms with van der Waals surface area (Å²) in [6, 6.07) is 16.5. The smallest absolute Gasteiger partial charge is 0.264 e. The number of amides is 2. The van der Waals surface area contributed by atoms with Gasteiger partial charge in [0, 0.05) is 27.7 Å². The minimum atomic E-state index is -4.20. The van der Waals surface area contributed by atoms with Gasteiger partial charge in [0.1, 0.15) is 12.6 Å². The summed E-state index contributed by atoms with van der Waals surface area (Å²) in [5.74, 6) is -0.899. The van der Waals surface area contributed by atoms with E-state index in [1.165, 1.54) is 29.2 Å². The monoisotopic (exact) mass is 637 g/mol. The van der Waals surface area contributed by atoms with Crippen molar-refractivity contribution in [1.29, 1.82) is 0 Å². The summed E-state index contributed by atoms with van der Waals surface area (Å²) in [5, 5.41) is 4.09. The summed E-state index contributed by atoms with van der Waals surface area (Å²) in [5.41, 5.74) is 1.70. The Morgan fingerprint density at radius 1 is 0.902 bits per heavy atom. The van der Waals surface area contributed by atoms with E-state index in [0.29, 0.717) is 39.2 Å². The molecule has 0 fully saturated rings. The first-order valence-electron chi connectivity index (χ1n) is 13.3. The van der Waals surface area contributed by atoms with E-state index in [2.05, 4.69) is 5.32 Å². The number of benzene rings is 3. The Balaban J connectivity index is 2.08. The lowest BCUT2D eigenvalue weighted by Crippen LogP contribution is -2.53. The van der Waals surface area contributed by atoms with E-state index in [1.807, 2.05) is 26.8 Å². The zero-order valence-electron chi connectivity index (χ0n) is 23.4. The summed E-state index contributed by atoms with van der Waals surface area (Å²) in [6.07, 6.45) is 1.01. The molecule has 0 unspecified atom stereocenters. The SMILES string of the molecule is CC[C@H](C)NC(=O)[C@H](CC)N(Cc1ccc(Cl)cc1Cl)C(=O)CN(c1cccc(C)c1)S(=O)(=O)c1ccc(Cl)cc1. The van der Waals surface area contributed by atoms with Gasteiger partial charge in [-0.3, -0.25) is 13.9 Å². The van der Waals surface area contributed by atoms with Crippen molar-refractivity contribution in [2.45, 2.75) is 64.1 Å². The average molecular weight is 639 g/mol. The number of aryl methyl sites for hydroxylation is 1. The van der Waals surface area contributed by atoms with Gasteiger partial charge in [0.05, 0.1) is 10.6 Å². The van der Waals surface area contributed by atoms with Gasteiger partial charge in [-0.05, 0) is 86.3 Å². The number of carbonyl (C=O) groups is 2. The molecule has 0 saturated carbocycles. The summed E-state index contributed by atoms with van der Waals surface area (Å²) < 4.78 is 28.9. The Morgan fingerprint density at radius 3 is 2.15 bits per heavy atom. The molecule has 0 bridgehead atoms. The van der Waals surface area contributed by atoms with Crippen molar-refractivity contribution in [3.8, 4) is 0 Å². The summed E-state index contributed by atoms with van der Waals surface area (Å²) in [7, 11) is -4.20. The highest BCUT2D eigenvalue weighted by Gasteiger charge is 2.34. The van der Waals surface area contributed by atoms with Gasteiger partial charge >= 0.3 is 0 Å². The maximum Gasteiger partial charge on any atom is 0.264 e. The molecule has 0 aromatic heterocycles. The van der Waals surface area contributed by atoms with Crippen molar-refractivity contribution >= 4 is 62.3 Å². The quantitative estimate of drug-likeness (QED) is 0.235. The standard InChI is InChI=1S/C30H34Cl3N3O4S/c1-5-21(4)34-30(38)28(6-2)35(18-22-10-11-24(32)17-27(22)33)29(37)19-36(25-9-7-8-20(3)16-25)41(39,40)26-14-12-23(31)13-15-26/h7-17,21,28H,5-6,18-19H2,1-4H3,(H,34,38)/t21-,28-/m0/s1. The molecule has 0 aliphatic carbocycles. The second kappa shape index (κ2) is 14.4. The Bertz CT molecular complexity index is 1480. The van der Waals surface area contributed by atoms with Crippen molar-refractivity contribution in [2.75, 3.05) is 10.8 Å². The second-order valence-electron chi connectivity index (χ2n) is 9.80. The Kier molecular flexibility index (Phi) is 11.5. The normalized spacial score (nSPS) is 12.9. The molecule has 1 N–H and O–H groups in total. The van der Waals surface area contributed by atoms with Gasteiger partial charge < -0.3 is 10.2 Å². The maximum atomic E-state index is 14.1. The van der Waals surface area contributed by atoms with Gasteiger partial charge in [-0.2, -0.15) is 0 Å². The molecule has 220 valence electrons. The number of nitrogens with zero attached hydrogens (tertiary/aromatic N) is 2. The number of hydrogen-bond acceptors (Lipinski definition) is 4. The number of nitrogens with one attached hydrogen (secondary N) is 1. The van der Waals surface area contributed by atoms with Crippen LogP contribution in [-0.4, -0.2) is 43.8 Å². The van der Waals surface area contributed by atoms with E-state index in [9.17, 15) is 18.0 Å².